The topological polar surface area (TPSA) is 67.4 Å². The van der Waals surface area contributed by atoms with Gasteiger partial charge >= 0.3 is 6.09 Å². The van der Waals surface area contributed by atoms with Gasteiger partial charge in [0, 0.05) is 5.56 Å². The molecule has 0 spiro atoms. The Morgan fingerprint density at radius 1 is 0.692 bits per heavy atom. The molecule has 0 heterocycles. The zero-order valence-corrected chi connectivity index (χ0v) is 14.0. The van der Waals surface area contributed by atoms with Crippen molar-refractivity contribution in [2.45, 2.75) is 6.61 Å². The van der Waals surface area contributed by atoms with Crippen molar-refractivity contribution in [1.82, 2.24) is 10.9 Å². The number of nitrogens with one attached hydrogen (secondary N) is 2. The number of rotatable bonds is 4. The third kappa shape index (κ3) is 4.70. The van der Waals surface area contributed by atoms with Crippen LogP contribution in [0.25, 0.3) is 11.1 Å². The summed E-state index contributed by atoms with van der Waals surface area (Å²) in [7, 11) is 0. The van der Waals surface area contributed by atoms with E-state index in [1.165, 1.54) is 0 Å². The van der Waals surface area contributed by atoms with E-state index in [0.29, 0.717) is 5.56 Å². The van der Waals surface area contributed by atoms with Crippen LogP contribution in [0.1, 0.15) is 15.9 Å². The van der Waals surface area contributed by atoms with E-state index >= 15 is 0 Å². The average Bonchev–Trinajstić information content (AvgIpc) is 2.72. The molecule has 2 N–H and O–H groups in total. The van der Waals surface area contributed by atoms with E-state index in [1.807, 2.05) is 72.8 Å². The summed E-state index contributed by atoms with van der Waals surface area (Å²) < 4.78 is 5.03. The van der Waals surface area contributed by atoms with Crippen molar-refractivity contribution in [3.8, 4) is 11.1 Å². The van der Waals surface area contributed by atoms with Crippen LogP contribution in [-0.2, 0) is 11.3 Å². The van der Waals surface area contributed by atoms with Gasteiger partial charge in [-0.15, -0.1) is 0 Å². The maximum atomic E-state index is 12.1. The van der Waals surface area contributed by atoms with Gasteiger partial charge in [0.1, 0.15) is 6.61 Å². The summed E-state index contributed by atoms with van der Waals surface area (Å²) in [6.07, 6.45) is -0.719. The van der Waals surface area contributed by atoms with Gasteiger partial charge in [-0.1, -0.05) is 72.8 Å². The van der Waals surface area contributed by atoms with Crippen molar-refractivity contribution in [1.29, 1.82) is 0 Å². The van der Waals surface area contributed by atoms with Crippen LogP contribution < -0.4 is 10.9 Å². The van der Waals surface area contributed by atoms with Crippen LogP contribution in [0.2, 0.25) is 0 Å². The second kappa shape index (κ2) is 8.48. The van der Waals surface area contributed by atoms with Crippen LogP contribution in [0, 0.1) is 0 Å². The number of amides is 2. The lowest BCUT2D eigenvalue weighted by atomic mass is 10.0. The normalized spacial score (nSPS) is 10.0. The molecule has 0 aliphatic heterocycles. The highest BCUT2D eigenvalue weighted by Gasteiger charge is 2.08. The Morgan fingerprint density at radius 3 is 1.92 bits per heavy atom. The molecule has 0 aliphatic carbocycles. The quantitative estimate of drug-likeness (QED) is 0.704. The lowest BCUT2D eigenvalue weighted by Crippen LogP contribution is -2.41. The van der Waals surface area contributed by atoms with Crippen molar-refractivity contribution in [2.24, 2.45) is 0 Å². The predicted molar refractivity (Wildman–Crippen MR) is 99.1 cm³/mol. The molecule has 3 aromatic rings. The Bertz CT molecular complexity index is 863. The molecule has 0 saturated carbocycles. The molecule has 2 amide bonds. The van der Waals surface area contributed by atoms with Crippen molar-refractivity contribution in [3.05, 3.63) is 96.1 Å². The molecular weight excluding hydrogens is 328 g/mol. The fourth-order valence-corrected chi connectivity index (χ4v) is 2.38. The van der Waals surface area contributed by atoms with Crippen molar-refractivity contribution in [2.75, 3.05) is 0 Å². The molecule has 5 heteroatoms. The molecule has 0 unspecified atom stereocenters. The summed E-state index contributed by atoms with van der Waals surface area (Å²) in [5, 5.41) is 0. The SMILES string of the molecule is O=C(NNC(=O)c1ccc(-c2ccccc2)cc1)OCc1ccccc1. The minimum absolute atomic E-state index is 0.133. The Kier molecular flexibility index (Phi) is 5.62. The third-order valence-electron chi connectivity index (χ3n) is 3.75. The molecule has 0 saturated heterocycles. The van der Waals surface area contributed by atoms with E-state index in [2.05, 4.69) is 10.9 Å². The van der Waals surface area contributed by atoms with Crippen LogP contribution >= 0.6 is 0 Å². The summed E-state index contributed by atoms with van der Waals surface area (Å²) >= 11 is 0. The smallest absolute Gasteiger partial charge is 0.426 e. The Balaban J connectivity index is 1.49. The van der Waals surface area contributed by atoms with Gasteiger partial charge in [-0.3, -0.25) is 10.2 Å². The van der Waals surface area contributed by atoms with Crippen LogP contribution in [0.4, 0.5) is 4.79 Å². The maximum Gasteiger partial charge on any atom is 0.426 e. The molecule has 0 radical (unpaired) electrons. The molecule has 0 fully saturated rings. The first-order chi connectivity index (χ1) is 12.7. The molecule has 0 bridgehead atoms. The fraction of sp³-hybridized carbons (Fsp3) is 0.0476. The largest absolute Gasteiger partial charge is 0.443 e. The Labute approximate surface area is 151 Å². The Hall–Kier alpha value is -3.60. The first-order valence-corrected chi connectivity index (χ1v) is 8.15. The summed E-state index contributed by atoms with van der Waals surface area (Å²) in [6.45, 7) is 0.133. The molecule has 3 rings (SSSR count). The molecule has 0 aliphatic rings. The van der Waals surface area contributed by atoms with E-state index in [-0.39, 0.29) is 6.61 Å². The molecule has 0 aromatic heterocycles. The number of carbonyl (C=O) groups excluding carboxylic acids is 2. The summed E-state index contributed by atoms with van der Waals surface area (Å²) in [5.74, 6) is -0.415. The van der Waals surface area contributed by atoms with Gasteiger partial charge in [-0.2, -0.15) is 0 Å². The van der Waals surface area contributed by atoms with E-state index in [1.54, 1.807) is 12.1 Å². The number of benzene rings is 3. The summed E-state index contributed by atoms with van der Waals surface area (Å²) in [4.78, 5) is 23.7. The van der Waals surface area contributed by atoms with Gasteiger partial charge in [0.2, 0.25) is 0 Å². The van der Waals surface area contributed by atoms with Crippen molar-refractivity contribution >= 4 is 12.0 Å². The highest BCUT2D eigenvalue weighted by molar-refractivity contribution is 5.95. The van der Waals surface area contributed by atoms with Crippen molar-refractivity contribution in [3.63, 3.8) is 0 Å². The van der Waals surface area contributed by atoms with Crippen LogP contribution in [0.5, 0.6) is 0 Å². The van der Waals surface area contributed by atoms with Crippen molar-refractivity contribution < 1.29 is 14.3 Å². The summed E-state index contributed by atoms with van der Waals surface area (Å²) in [5.41, 5.74) is 7.95. The molecule has 130 valence electrons. The number of carbonyl (C=O) groups is 2. The number of hydrogen-bond acceptors (Lipinski definition) is 3. The van der Waals surface area contributed by atoms with Gasteiger partial charge in [0.15, 0.2) is 0 Å². The van der Waals surface area contributed by atoms with Gasteiger partial charge < -0.3 is 4.74 Å². The van der Waals surface area contributed by atoms with Gasteiger partial charge in [0.25, 0.3) is 5.91 Å². The van der Waals surface area contributed by atoms with Gasteiger partial charge in [0.05, 0.1) is 0 Å². The van der Waals surface area contributed by atoms with Crippen LogP contribution in [0.15, 0.2) is 84.9 Å². The number of hydrazine groups is 1. The standard InChI is InChI=1S/C21H18N2O3/c24-20(22-23-21(25)26-15-16-7-3-1-4-8-16)19-13-11-18(12-14-19)17-9-5-2-6-10-17/h1-14H,15H2,(H,22,24)(H,23,25). The number of ether oxygens (including phenoxy) is 1. The Morgan fingerprint density at radius 2 is 1.27 bits per heavy atom. The lowest BCUT2D eigenvalue weighted by molar-refractivity contribution is 0.0905. The molecular formula is C21H18N2O3. The first-order valence-electron chi connectivity index (χ1n) is 8.15. The van der Waals surface area contributed by atoms with Gasteiger partial charge in [-0.05, 0) is 28.8 Å². The minimum atomic E-state index is -0.719. The zero-order chi connectivity index (χ0) is 18.2. The highest BCUT2D eigenvalue weighted by atomic mass is 16.6. The van der Waals surface area contributed by atoms with E-state index in [4.69, 9.17) is 4.74 Å². The summed E-state index contributed by atoms with van der Waals surface area (Å²) in [6, 6.07) is 26.3. The highest BCUT2D eigenvalue weighted by Crippen LogP contribution is 2.19. The minimum Gasteiger partial charge on any atom is -0.443 e. The molecule has 0 atom stereocenters. The van der Waals surface area contributed by atoms with E-state index < -0.39 is 12.0 Å². The molecule has 3 aromatic carbocycles. The maximum absolute atomic E-state index is 12.1. The monoisotopic (exact) mass is 346 g/mol. The van der Waals surface area contributed by atoms with Crippen LogP contribution in [-0.4, -0.2) is 12.0 Å². The van der Waals surface area contributed by atoms with E-state index in [0.717, 1.165) is 16.7 Å². The van der Waals surface area contributed by atoms with Crippen LogP contribution in [0.3, 0.4) is 0 Å². The average molecular weight is 346 g/mol. The zero-order valence-electron chi connectivity index (χ0n) is 14.0. The second-order valence-corrected chi connectivity index (χ2v) is 5.58. The third-order valence-corrected chi connectivity index (χ3v) is 3.75. The molecule has 26 heavy (non-hydrogen) atoms. The van der Waals surface area contributed by atoms with Gasteiger partial charge in [-0.25, -0.2) is 10.2 Å². The first kappa shape index (κ1) is 17.2. The fourth-order valence-electron chi connectivity index (χ4n) is 2.38. The number of hydrogen-bond donors (Lipinski definition) is 2. The molecule has 5 nitrogen and oxygen atoms in total. The second-order valence-electron chi connectivity index (χ2n) is 5.58. The lowest BCUT2D eigenvalue weighted by Gasteiger charge is -2.09. The predicted octanol–water partition coefficient (Wildman–Crippen LogP) is 3.92. The van der Waals surface area contributed by atoms with E-state index in [9.17, 15) is 9.59 Å².